The molecule has 1 aromatic heterocycles. The minimum absolute atomic E-state index is 0.263. The van der Waals surface area contributed by atoms with Crippen LogP contribution in [-0.4, -0.2) is 23.7 Å². The maximum atomic E-state index is 13.6. The predicted molar refractivity (Wildman–Crippen MR) is 114 cm³/mol. The van der Waals surface area contributed by atoms with E-state index in [1.165, 1.54) is 12.1 Å². The normalized spacial score (nSPS) is 11.6. The number of nitrogens with one attached hydrogen (secondary N) is 1. The number of carbonyl (C=O) groups is 1. The first-order chi connectivity index (χ1) is 15.1. The number of hydrogen-bond donors (Lipinski definition) is 1. The van der Waals surface area contributed by atoms with E-state index in [0.717, 1.165) is 11.1 Å². The standard InChI is InChI=1S/C24H19FN4O2/c1-2-31-23-9-16(6-7-19(23)15-4-3-5-18(25)8-15)24(30)29-12-17-11-28-22(10-26)21-14-27-13-20(17)21/h3-9,11,14H,2,12-13H2,1H3,(H,29,30). The molecule has 0 saturated heterocycles. The molecule has 0 spiro atoms. The molecule has 0 aliphatic carbocycles. The Kier molecular flexibility index (Phi) is 5.72. The summed E-state index contributed by atoms with van der Waals surface area (Å²) in [6.07, 6.45) is 3.25. The van der Waals surface area contributed by atoms with Crippen molar-refractivity contribution in [3.8, 4) is 22.9 Å². The molecule has 31 heavy (non-hydrogen) atoms. The van der Waals surface area contributed by atoms with Gasteiger partial charge in [0.15, 0.2) is 0 Å². The zero-order valence-electron chi connectivity index (χ0n) is 16.9. The van der Waals surface area contributed by atoms with Crippen molar-refractivity contribution in [2.75, 3.05) is 6.61 Å². The summed E-state index contributed by atoms with van der Waals surface area (Å²) in [6, 6.07) is 13.4. The topological polar surface area (TPSA) is 87.4 Å². The number of hydrogen-bond acceptors (Lipinski definition) is 5. The van der Waals surface area contributed by atoms with Crippen LogP contribution in [0.2, 0.25) is 0 Å². The van der Waals surface area contributed by atoms with Crippen LogP contribution in [0.4, 0.5) is 4.39 Å². The third-order valence-electron chi connectivity index (χ3n) is 5.01. The van der Waals surface area contributed by atoms with Crippen molar-refractivity contribution in [3.05, 3.63) is 82.4 Å². The molecule has 0 atom stereocenters. The van der Waals surface area contributed by atoms with E-state index in [1.807, 2.05) is 6.92 Å². The average Bonchev–Trinajstić information content (AvgIpc) is 3.28. The molecular weight excluding hydrogens is 395 g/mol. The minimum atomic E-state index is -0.339. The molecule has 4 rings (SSSR count). The quantitative estimate of drug-likeness (QED) is 0.660. The fourth-order valence-corrected chi connectivity index (χ4v) is 3.51. The number of nitriles is 1. The van der Waals surface area contributed by atoms with Gasteiger partial charge in [0.05, 0.1) is 13.2 Å². The lowest BCUT2D eigenvalue weighted by molar-refractivity contribution is 0.0950. The number of ether oxygens (including phenoxy) is 1. The van der Waals surface area contributed by atoms with Crippen molar-refractivity contribution >= 4 is 12.1 Å². The van der Waals surface area contributed by atoms with Crippen LogP contribution in [0.25, 0.3) is 11.1 Å². The highest BCUT2D eigenvalue weighted by atomic mass is 19.1. The van der Waals surface area contributed by atoms with Crippen LogP contribution < -0.4 is 10.1 Å². The number of aliphatic imine (C=N–C) groups is 1. The molecule has 0 bridgehead atoms. The van der Waals surface area contributed by atoms with E-state index < -0.39 is 0 Å². The van der Waals surface area contributed by atoms with Gasteiger partial charge >= 0.3 is 0 Å². The Bertz CT molecular complexity index is 1230. The second-order valence-corrected chi connectivity index (χ2v) is 6.94. The highest BCUT2D eigenvalue weighted by Gasteiger charge is 2.18. The van der Waals surface area contributed by atoms with Crippen molar-refractivity contribution < 1.29 is 13.9 Å². The largest absolute Gasteiger partial charge is 0.493 e. The van der Waals surface area contributed by atoms with E-state index in [2.05, 4.69) is 21.4 Å². The van der Waals surface area contributed by atoms with E-state index in [-0.39, 0.29) is 18.3 Å². The minimum Gasteiger partial charge on any atom is -0.493 e. The van der Waals surface area contributed by atoms with Crippen molar-refractivity contribution in [1.82, 2.24) is 10.3 Å². The summed E-state index contributed by atoms with van der Waals surface area (Å²) in [4.78, 5) is 21.1. The van der Waals surface area contributed by atoms with Gasteiger partial charge in [0.25, 0.3) is 5.91 Å². The van der Waals surface area contributed by atoms with Gasteiger partial charge in [-0.1, -0.05) is 12.1 Å². The van der Waals surface area contributed by atoms with E-state index >= 15 is 0 Å². The molecule has 0 radical (unpaired) electrons. The van der Waals surface area contributed by atoms with Gasteiger partial charge in [-0.2, -0.15) is 5.26 Å². The number of amides is 1. The molecule has 1 aliphatic heterocycles. The van der Waals surface area contributed by atoms with Crippen molar-refractivity contribution in [2.24, 2.45) is 4.99 Å². The van der Waals surface area contributed by atoms with Gasteiger partial charge in [-0.25, -0.2) is 9.37 Å². The maximum Gasteiger partial charge on any atom is 0.251 e. The van der Waals surface area contributed by atoms with Gasteiger partial charge < -0.3 is 10.1 Å². The molecule has 7 heteroatoms. The van der Waals surface area contributed by atoms with Gasteiger partial charge in [0.2, 0.25) is 0 Å². The molecule has 2 heterocycles. The molecule has 0 saturated carbocycles. The molecule has 2 aromatic carbocycles. The molecule has 6 nitrogen and oxygen atoms in total. The Hall–Kier alpha value is -4.05. The number of fused-ring (bicyclic) bond motifs is 1. The number of carbonyl (C=O) groups excluding carboxylic acids is 1. The highest BCUT2D eigenvalue weighted by molar-refractivity contribution is 5.95. The Labute approximate surface area is 179 Å². The van der Waals surface area contributed by atoms with Crippen LogP contribution in [0.3, 0.4) is 0 Å². The number of rotatable bonds is 6. The Morgan fingerprint density at radius 1 is 1.29 bits per heavy atom. The second-order valence-electron chi connectivity index (χ2n) is 6.94. The lowest BCUT2D eigenvalue weighted by Crippen LogP contribution is -2.24. The Morgan fingerprint density at radius 2 is 2.16 bits per heavy atom. The van der Waals surface area contributed by atoms with Crippen molar-refractivity contribution in [2.45, 2.75) is 20.0 Å². The zero-order valence-corrected chi connectivity index (χ0v) is 16.9. The highest BCUT2D eigenvalue weighted by Crippen LogP contribution is 2.31. The molecule has 154 valence electrons. The molecule has 1 aliphatic rings. The van der Waals surface area contributed by atoms with Crippen LogP contribution in [-0.2, 0) is 13.1 Å². The number of halogens is 1. The molecule has 0 fully saturated rings. The fourth-order valence-electron chi connectivity index (χ4n) is 3.51. The number of aromatic nitrogens is 1. The van der Waals surface area contributed by atoms with E-state index in [4.69, 9.17) is 4.74 Å². The smallest absolute Gasteiger partial charge is 0.251 e. The summed E-state index contributed by atoms with van der Waals surface area (Å²) in [5, 5.41) is 12.1. The lowest BCUT2D eigenvalue weighted by atomic mass is 10.0. The number of nitrogens with zero attached hydrogens (tertiary/aromatic N) is 3. The second kappa shape index (κ2) is 8.76. The van der Waals surface area contributed by atoms with E-state index in [9.17, 15) is 14.4 Å². The Balaban J connectivity index is 1.55. The predicted octanol–water partition coefficient (Wildman–Crippen LogP) is 4.02. The summed E-state index contributed by atoms with van der Waals surface area (Å²) in [7, 11) is 0. The first-order valence-electron chi connectivity index (χ1n) is 9.82. The summed E-state index contributed by atoms with van der Waals surface area (Å²) >= 11 is 0. The van der Waals surface area contributed by atoms with Gasteiger partial charge in [0.1, 0.15) is 23.3 Å². The van der Waals surface area contributed by atoms with E-state index in [0.29, 0.717) is 46.8 Å². The zero-order chi connectivity index (χ0) is 21.8. The summed E-state index contributed by atoms with van der Waals surface area (Å²) in [5.74, 6) is -0.104. The summed E-state index contributed by atoms with van der Waals surface area (Å²) in [5.41, 5.74) is 4.59. The van der Waals surface area contributed by atoms with Gasteiger partial charge in [-0.15, -0.1) is 0 Å². The maximum absolute atomic E-state index is 13.6. The van der Waals surface area contributed by atoms with Crippen LogP contribution in [0.15, 0.2) is 53.7 Å². The number of benzene rings is 2. The number of pyridine rings is 1. The molecular formula is C24H19FN4O2. The van der Waals surface area contributed by atoms with Crippen LogP contribution in [0.5, 0.6) is 5.75 Å². The third-order valence-corrected chi connectivity index (χ3v) is 5.01. The SMILES string of the molecule is CCOc1cc(C(=O)NCc2cnc(C#N)c3c2CN=C3)ccc1-c1cccc(F)c1. The molecule has 1 N–H and O–H groups in total. The van der Waals surface area contributed by atoms with Gasteiger partial charge in [-0.3, -0.25) is 9.79 Å². The summed E-state index contributed by atoms with van der Waals surface area (Å²) in [6.45, 7) is 2.99. The third kappa shape index (κ3) is 4.14. The lowest BCUT2D eigenvalue weighted by Gasteiger charge is -2.13. The average molecular weight is 414 g/mol. The van der Waals surface area contributed by atoms with Crippen LogP contribution in [0, 0.1) is 17.1 Å². The van der Waals surface area contributed by atoms with Gasteiger partial charge in [0, 0.05) is 35.6 Å². The first-order valence-corrected chi connectivity index (χ1v) is 9.82. The first kappa shape index (κ1) is 20.2. The summed E-state index contributed by atoms with van der Waals surface area (Å²) < 4.78 is 19.4. The van der Waals surface area contributed by atoms with Crippen LogP contribution in [0.1, 0.15) is 39.7 Å². The fraction of sp³-hybridized carbons (Fsp3) is 0.167. The van der Waals surface area contributed by atoms with Crippen LogP contribution >= 0.6 is 0 Å². The molecule has 0 unspecified atom stereocenters. The van der Waals surface area contributed by atoms with Crippen molar-refractivity contribution in [3.63, 3.8) is 0 Å². The molecule has 3 aromatic rings. The van der Waals surface area contributed by atoms with Crippen molar-refractivity contribution in [1.29, 1.82) is 5.26 Å². The van der Waals surface area contributed by atoms with Gasteiger partial charge in [-0.05, 0) is 53.9 Å². The monoisotopic (exact) mass is 414 g/mol. The van der Waals surface area contributed by atoms with E-state index in [1.54, 1.807) is 42.7 Å². The molecule has 1 amide bonds. The Morgan fingerprint density at radius 3 is 2.94 bits per heavy atom.